The lowest BCUT2D eigenvalue weighted by Gasteiger charge is -2.24. The van der Waals surface area contributed by atoms with Crippen molar-refractivity contribution in [1.29, 1.82) is 0 Å². The molecule has 0 saturated heterocycles. The summed E-state index contributed by atoms with van der Waals surface area (Å²) in [5.74, 6) is -4.86. The fourth-order valence-electron chi connectivity index (χ4n) is 1.61. The number of carbonyl (C=O) groups is 1. The number of aliphatic hydroxyl groups excluding tert-OH is 1. The summed E-state index contributed by atoms with van der Waals surface area (Å²) in [7, 11) is 0. The zero-order valence-corrected chi connectivity index (χ0v) is 9.37. The van der Waals surface area contributed by atoms with Crippen LogP contribution in [0.4, 0.5) is 23.2 Å². The molecule has 19 heavy (non-hydrogen) atoms. The zero-order valence-electron chi connectivity index (χ0n) is 9.37. The van der Waals surface area contributed by atoms with Crippen LogP contribution in [0.3, 0.4) is 0 Å². The highest BCUT2D eigenvalue weighted by molar-refractivity contribution is 5.95. The Morgan fingerprint density at radius 3 is 2.68 bits per heavy atom. The van der Waals surface area contributed by atoms with Gasteiger partial charge in [0, 0.05) is 0 Å². The van der Waals surface area contributed by atoms with Crippen LogP contribution in [0.2, 0.25) is 0 Å². The number of amides is 1. The maximum atomic E-state index is 13.0. The summed E-state index contributed by atoms with van der Waals surface area (Å²) in [6.07, 6.45) is -6.67. The fourth-order valence-corrected chi connectivity index (χ4v) is 1.61. The molecular weight excluding hydrogens is 270 g/mol. The number of hydrogen-bond acceptors (Lipinski definition) is 3. The maximum Gasteiger partial charge on any atom is 0.336 e. The number of anilines is 1. The summed E-state index contributed by atoms with van der Waals surface area (Å²) in [4.78, 5) is 11.0. The molecule has 1 aliphatic heterocycles. The van der Waals surface area contributed by atoms with Crippen molar-refractivity contribution in [3.05, 3.63) is 23.8 Å². The SMILES string of the molecule is O=C1COc2ccc(C(O)C(F)(F)C(F)F)cc2N1. The van der Waals surface area contributed by atoms with Gasteiger partial charge in [-0.05, 0) is 17.7 Å². The van der Waals surface area contributed by atoms with E-state index >= 15 is 0 Å². The van der Waals surface area contributed by atoms with E-state index in [0.717, 1.165) is 12.1 Å². The lowest BCUT2D eigenvalue weighted by atomic mass is 10.0. The highest BCUT2D eigenvalue weighted by Gasteiger charge is 2.49. The van der Waals surface area contributed by atoms with Crippen LogP contribution in [0, 0.1) is 0 Å². The van der Waals surface area contributed by atoms with Crippen molar-refractivity contribution in [1.82, 2.24) is 0 Å². The number of carbonyl (C=O) groups excluding carboxylic acids is 1. The first kappa shape index (κ1) is 13.6. The second-order valence-electron chi connectivity index (χ2n) is 3.97. The van der Waals surface area contributed by atoms with E-state index in [1.54, 1.807) is 0 Å². The summed E-state index contributed by atoms with van der Waals surface area (Å²) >= 11 is 0. The molecular formula is C11H9F4NO3. The van der Waals surface area contributed by atoms with E-state index in [9.17, 15) is 27.5 Å². The van der Waals surface area contributed by atoms with Crippen LogP contribution < -0.4 is 10.1 Å². The summed E-state index contributed by atoms with van der Waals surface area (Å²) in [6, 6.07) is 3.24. The second kappa shape index (κ2) is 4.69. The van der Waals surface area contributed by atoms with E-state index < -0.39 is 29.9 Å². The number of benzene rings is 1. The van der Waals surface area contributed by atoms with Crippen LogP contribution in [0.15, 0.2) is 18.2 Å². The highest BCUT2D eigenvalue weighted by atomic mass is 19.3. The number of fused-ring (bicyclic) bond motifs is 1. The van der Waals surface area contributed by atoms with Crippen LogP contribution in [-0.4, -0.2) is 30.0 Å². The first-order valence-electron chi connectivity index (χ1n) is 5.23. The fraction of sp³-hybridized carbons (Fsp3) is 0.364. The topological polar surface area (TPSA) is 58.6 Å². The average molecular weight is 279 g/mol. The molecule has 2 N–H and O–H groups in total. The van der Waals surface area contributed by atoms with E-state index in [2.05, 4.69) is 5.32 Å². The van der Waals surface area contributed by atoms with Gasteiger partial charge in [-0.2, -0.15) is 8.78 Å². The Kier molecular flexibility index (Phi) is 3.36. The Morgan fingerprint density at radius 2 is 2.05 bits per heavy atom. The Hall–Kier alpha value is -1.83. The van der Waals surface area contributed by atoms with Gasteiger partial charge in [0.1, 0.15) is 11.9 Å². The predicted octanol–water partition coefficient (Wildman–Crippen LogP) is 1.95. The molecule has 0 fully saturated rings. The molecule has 0 aliphatic carbocycles. The minimum Gasteiger partial charge on any atom is -0.482 e. The number of rotatable bonds is 3. The highest BCUT2D eigenvalue weighted by Crippen LogP contribution is 2.39. The molecule has 1 aromatic rings. The molecule has 8 heteroatoms. The van der Waals surface area contributed by atoms with E-state index in [1.807, 2.05) is 0 Å². The van der Waals surface area contributed by atoms with E-state index in [0.29, 0.717) is 0 Å². The van der Waals surface area contributed by atoms with Crippen LogP contribution >= 0.6 is 0 Å². The van der Waals surface area contributed by atoms with Crippen LogP contribution in [0.5, 0.6) is 5.75 Å². The van der Waals surface area contributed by atoms with Gasteiger partial charge in [-0.25, -0.2) is 8.78 Å². The van der Waals surface area contributed by atoms with Gasteiger partial charge in [0.2, 0.25) is 0 Å². The number of ether oxygens (including phenoxy) is 1. The number of alkyl halides is 4. The molecule has 0 aromatic heterocycles. The van der Waals surface area contributed by atoms with Gasteiger partial charge in [0.05, 0.1) is 5.69 Å². The van der Waals surface area contributed by atoms with Gasteiger partial charge in [-0.15, -0.1) is 0 Å². The molecule has 2 rings (SSSR count). The van der Waals surface area contributed by atoms with Crippen molar-refractivity contribution in [2.24, 2.45) is 0 Å². The standard InChI is InChI=1S/C11H9F4NO3/c12-10(13)11(14,15)9(18)5-1-2-7-6(3-5)16-8(17)4-19-7/h1-3,9-10,18H,4H2,(H,16,17). The molecule has 0 radical (unpaired) electrons. The largest absolute Gasteiger partial charge is 0.482 e. The van der Waals surface area contributed by atoms with Gasteiger partial charge >= 0.3 is 12.3 Å². The van der Waals surface area contributed by atoms with Gasteiger partial charge in [0.15, 0.2) is 6.61 Å². The molecule has 1 unspecified atom stereocenters. The lowest BCUT2D eigenvalue weighted by Crippen LogP contribution is -2.34. The molecule has 1 heterocycles. The van der Waals surface area contributed by atoms with Gasteiger partial charge in [0.25, 0.3) is 5.91 Å². The van der Waals surface area contributed by atoms with Gasteiger partial charge in [-0.3, -0.25) is 4.79 Å². The van der Waals surface area contributed by atoms with Gasteiger partial charge in [-0.1, -0.05) is 6.07 Å². The molecule has 4 nitrogen and oxygen atoms in total. The molecule has 1 aliphatic rings. The van der Waals surface area contributed by atoms with Crippen LogP contribution in [0.25, 0.3) is 0 Å². The quantitative estimate of drug-likeness (QED) is 0.831. The summed E-state index contributed by atoms with van der Waals surface area (Å²) < 4.78 is 55.3. The number of hydrogen-bond donors (Lipinski definition) is 2. The van der Waals surface area contributed by atoms with Crippen molar-refractivity contribution in [3.8, 4) is 5.75 Å². The lowest BCUT2D eigenvalue weighted by molar-refractivity contribution is -0.193. The van der Waals surface area contributed by atoms with Gasteiger partial charge < -0.3 is 15.2 Å². The third kappa shape index (κ3) is 2.48. The molecule has 0 bridgehead atoms. The van der Waals surface area contributed by atoms with Crippen molar-refractivity contribution in [3.63, 3.8) is 0 Å². The van der Waals surface area contributed by atoms with E-state index in [4.69, 9.17) is 4.74 Å². The van der Waals surface area contributed by atoms with Crippen molar-refractivity contribution >= 4 is 11.6 Å². The first-order chi connectivity index (χ1) is 8.82. The Bertz CT molecular complexity index is 507. The first-order valence-corrected chi connectivity index (χ1v) is 5.23. The second-order valence-corrected chi connectivity index (χ2v) is 3.97. The monoisotopic (exact) mass is 279 g/mol. The third-order valence-corrected chi connectivity index (χ3v) is 2.61. The number of aliphatic hydroxyl groups is 1. The van der Waals surface area contributed by atoms with Crippen molar-refractivity contribution < 1.29 is 32.2 Å². The summed E-state index contributed by atoms with van der Waals surface area (Å²) in [6.45, 7) is -0.220. The van der Waals surface area contributed by atoms with Crippen LogP contribution in [-0.2, 0) is 4.79 Å². The predicted molar refractivity (Wildman–Crippen MR) is 56.5 cm³/mol. The van der Waals surface area contributed by atoms with Crippen molar-refractivity contribution in [2.45, 2.75) is 18.5 Å². The zero-order chi connectivity index (χ0) is 14.2. The molecule has 0 saturated carbocycles. The van der Waals surface area contributed by atoms with E-state index in [-0.39, 0.29) is 18.0 Å². The molecule has 104 valence electrons. The third-order valence-electron chi connectivity index (χ3n) is 2.61. The van der Waals surface area contributed by atoms with Crippen LogP contribution in [0.1, 0.15) is 11.7 Å². The Balaban J connectivity index is 2.32. The number of nitrogens with one attached hydrogen (secondary N) is 1. The normalized spacial score (nSPS) is 16.6. The molecule has 0 spiro atoms. The minimum atomic E-state index is -4.58. The molecule has 1 amide bonds. The summed E-state index contributed by atoms with van der Waals surface area (Å²) in [5.41, 5.74) is -0.382. The Labute approximate surface area is 105 Å². The Morgan fingerprint density at radius 1 is 1.37 bits per heavy atom. The smallest absolute Gasteiger partial charge is 0.336 e. The van der Waals surface area contributed by atoms with Crippen molar-refractivity contribution in [2.75, 3.05) is 11.9 Å². The average Bonchev–Trinajstić information content (AvgIpc) is 2.36. The maximum absolute atomic E-state index is 13.0. The molecule has 1 aromatic carbocycles. The molecule has 1 atom stereocenters. The summed E-state index contributed by atoms with van der Waals surface area (Å²) in [5, 5.41) is 11.6. The number of halogens is 4. The van der Waals surface area contributed by atoms with E-state index in [1.165, 1.54) is 6.07 Å². The minimum absolute atomic E-state index is 0.0536.